The summed E-state index contributed by atoms with van der Waals surface area (Å²) in [4.78, 5) is 9.19. The number of ether oxygens (including phenoxy) is 1. The van der Waals surface area contributed by atoms with Gasteiger partial charge in [0.2, 0.25) is 0 Å². The van der Waals surface area contributed by atoms with Crippen molar-refractivity contribution in [2.75, 3.05) is 11.9 Å². The highest BCUT2D eigenvalue weighted by Crippen LogP contribution is 2.38. The molecule has 0 atom stereocenters. The second-order valence-electron chi connectivity index (χ2n) is 7.41. The van der Waals surface area contributed by atoms with Gasteiger partial charge in [-0.25, -0.2) is 4.98 Å². The molecule has 0 bridgehead atoms. The lowest BCUT2D eigenvalue weighted by molar-refractivity contribution is -0.137. The van der Waals surface area contributed by atoms with E-state index < -0.39 is 17.3 Å². The summed E-state index contributed by atoms with van der Waals surface area (Å²) in [7, 11) is 1.55. The van der Waals surface area contributed by atoms with Crippen LogP contribution in [0, 0.1) is 0 Å². The molecule has 0 spiro atoms. The van der Waals surface area contributed by atoms with Gasteiger partial charge in [0, 0.05) is 18.9 Å². The van der Waals surface area contributed by atoms with Crippen LogP contribution in [0.2, 0.25) is 0 Å². The lowest BCUT2D eigenvalue weighted by Crippen LogP contribution is -2.26. The predicted molar refractivity (Wildman–Crippen MR) is 96.0 cm³/mol. The Labute approximate surface area is 152 Å². The molecule has 1 aromatic carbocycles. The number of nitrogens with zero attached hydrogens (tertiary/aromatic N) is 3. The van der Waals surface area contributed by atoms with E-state index in [0.717, 1.165) is 11.8 Å². The second kappa shape index (κ2) is 7.13. The summed E-state index contributed by atoms with van der Waals surface area (Å²) in [5.41, 5.74) is 0.120. The molecule has 26 heavy (non-hydrogen) atoms. The zero-order valence-electron chi connectivity index (χ0n) is 15.8. The van der Waals surface area contributed by atoms with Gasteiger partial charge in [-0.3, -0.25) is 0 Å². The number of anilines is 2. The van der Waals surface area contributed by atoms with Gasteiger partial charge in [-0.2, -0.15) is 18.2 Å². The fraction of sp³-hybridized carbons (Fsp3) is 0.474. The van der Waals surface area contributed by atoms with Crippen LogP contribution < -0.4 is 9.64 Å². The monoisotopic (exact) mass is 367 g/mol. The smallest absolute Gasteiger partial charge is 0.421 e. The van der Waals surface area contributed by atoms with Crippen LogP contribution in [-0.4, -0.2) is 22.6 Å². The first-order valence-electron chi connectivity index (χ1n) is 8.35. The standard InChI is InChI=1S/C19H24F3N3O/c1-12(2)13-8-7-9-14(10-13)25(6)16-15(19(20,21)22)11-23-17(24-16)26-18(3,4)5/h7-12H,1-6H3. The molecule has 0 saturated carbocycles. The topological polar surface area (TPSA) is 38.2 Å². The van der Waals surface area contributed by atoms with Gasteiger partial charge < -0.3 is 9.64 Å². The van der Waals surface area contributed by atoms with Crippen LogP contribution in [0.15, 0.2) is 30.5 Å². The van der Waals surface area contributed by atoms with Crippen LogP contribution in [0.25, 0.3) is 0 Å². The maximum absolute atomic E-state index is 13.5. The van der Waals surface area contributed by atoms with Gasteiger partial charge in [0.25, 0.3) is 0 Å². The van der Waals surface area contributed by atoms with Crippen molar-refractivity contribution in [2.24, 2.45) is 0 Å². The van der Waals surface area contributed by atoms with Crippen molar-refractivity contribution in [1.82, 2.24) is 9.97 Å². The number of aromatic nitrogens is 2. The Morgan fingerprint density at radius 1 is 1.12 bits per heavy atom. The largest absolute Gasteiger partial charge is 0.458 e. The first-order chi connectivity index (χ1) is 11.9. The minimum Gasteiger partial charge on any atom is -0.458 e. The normalized spacial score (nSPS) is 12.4. The molecule has 0 aliphatic carbocycles. The van der Waals surface area contributed by atoms with E-state index in [1.54, 1.807) is 33.9 Å². The van der Waals surface area contributed by atoms with Crippen LogP contribution in [0.3, 0.4) is 0 Å². The maximum Gasteiger partial charge on any atom is 0.421 e. The minimum atomic E-state index is -4.57. The SMILES string of the molecule is CC(C)c1cccc(N(C)c2nc(OC(C)(C)C)ncc2C(F)(F)F)c1. The summed E-state index contributed by atoms with van der Waals surface area (Å²) in [5, 5.41) is 0. The van der Waals surface area contributed by atoms with Crippen LogP contribution in [-0.2, 0) is 6.18 Å². The first kappa shape index (κ1) is 20.0. The highest BCUT2D eigenvalue weighted by Gasteiger charge is 2.37. The third-order valence-corrected chi connectivity index (χ3v) is 3.69. The Morgan fingerprint density at radius 2 is 1.77 bits per heavy atom. The minimum absolute atomic E-state index is 0.0904. The lowest BCUT2D eigenvalue weighted by Gasteiger charge is -2.25. The zero-order chi connectivity index (χ0) is 19.7. The molecule has 0 amide bonds. The third kappa shape index (κ3) is 4.86. The quantitative estimate of drug-likeness (QED) is 0.709. The molecule has 1 heterocycles. The van der Waals surface area contributed by atoms with Crippen molar-refractivity contribution in [2.45, 2.75) is 52.3 Å². The van der Waals surface area contributed by atoms with Crippen molar-refractivity contribution in [3.8, 4) is 6.01 Å². The molecule has 0 radical (unpaired) electrons. The van der Waals surface area contributed by atoms with Gasteiger partial charge in [-0.15, -0.1) is 0 Å². The molecule has 2 rings (SSSR count). The van der Waals surface area contributed by atoms with Gasteiger partial charge >= 0.3 is 12.2 Å². The summed E-state index contributed by atoms with van der Waals surface area (Å²) in [6.45, 7) is 9.40. The van der Waals surface area contributed by atoms with Crippen LogP contribution in [0.5, 0.6) is 6.01 Å². The zero-order valence-corrected chi connectivity index (χ0v) is 15.8. The van der Waals surface area contributed by atoms with Crippen molar-refractivity contribution in [1.29, 1.82) is 0 Å². The van der Waals surface area contributed by atoms with E-state index in [1.807, 2.05) is 32.0 Å². The van der Waals surface area contributed by atoms with E-state index in [-0.39, 0.29) is 17.7 Å². The summed E-state index contributed by atoms with van der Waals surface area (Å²) < 4.78 is 45.9. The fourth-order valence-electron chi connectivity index (χ4n) is 2.35. The second-order valence-corrected chi connectivity index (χ2v) is 7.41. The molecule has 0 N–H and O–H groups in total. The number of hydrogen-bond acceptors (Lipinski definition) is 4. The molecule has 1 aromatic heterocycles. The van der Waals surface area contributed by atoms with Gasteiger partial charge in [0.15, 0.2) is 5.82 Å². The summed E-state index contributed by atoms with van der Waals surface area (Å²) in [6.07, 6.45) is -3.80. The van der Waals surface area contributed by atoms with Crippen LogP contribution >= 0.6 is 0 Å². The molecule has 7 heteroatoms. The number of benzene rings is 1. The Hall–Kier alpha value is -2.31. The highest BCUT2D eigenvalue weighted by molar-refractivity contribution is 5.63. The van der Waals surface area contributed by atoms with Crippen molar-refractivity contribution in [3.05, 3.63) is 41.6 Å². The van der Waals surface area contributed by atoms with Crippen molar-refractivity contribution >= 4 is 11.5 Å². The number of hydrogen-bond donors (Lipinski definition) is 0. The molecule has 0 unspecified atom stereocenters. The van der Waals surface area contributed by atoms with Gasteiger partial charge in [-0.1, -0.05) is 26.0 Å². The maximum atomic E-state index is 13.5. The molecule has 4 nitrogen and oxygen atoms in total. The van der Waals surface area contributed by atoms with E-state index in [9.17, 15) is 13.2 Å². The van der Waals surface area contributed by atoms with E-state index in [1.165, 1.54) is 4.90 Å². The molecule has 142 valence electrons. The Balaban J connectivity index is 2.53. The van der Waals surface area contributed by atoms with E-state index >= 15 is 0 Å². The van der Waals surface area contributed by atoms with E-state index in [2.05, 4.69) is 9.97 Å². The van der Waals surface area contributed by atoms with E-state index in [0.29, 0.717) is 5.69 Å². The molecule has 0 aliphatic heterocycles. The number of rotatable bonds is 4. The lowest BCUT2D eigenvalue weighted by atomic mass is 10.0. The molecular formula is C19H24F3N3O. The summed E-state index contributed by atoms with van der Waals surface area (Å²) >= 11 is 0. The Bertz CT molecular complexity index is 767. The molecular weight excluding hydrogens is 343 g/mol. The van der Waals surface area contributed by atoms with Gasteiger partial charge in [0.1, 0.15) is 11.2 Å². The van der Waals surface area contributed by atoms with E-state index in [4.69, 9.17) is 4.74 Å². The van der Waals surface area contributed by atoms with Crippen molar-refractivity contribution in [3.63, 3.8) is 0 Å². The Kier molecular flexibility index (Phi) is 5.49. The van der Waals surface area contributed by atoms with Gasteiger partial charge in [0.05, 0.1) is 0 Å². The average molecular weight is 367 g/mol. The summed E-state index contributed by atoms with van der Waals surface area (Å²) in [5.74, 6) is 0.0169. The fourth-order valence-corrected chi connectivity index (χ4v) is 2.35. The molecule has 0 saturated heterocycles. The first-order valence-corrected chi connectivity index (χ1v) is 8.35. The number of halogens is 3. The predicted octanol–water partition coefficient (Wildman–Crippen LogP) is 5.56. The molecule has 0 aliphatic rings. The molecule has 2 aromatic rings. The van der Waals surface area contributed by atoms with Crippen LogP contribution in [0.1, 0.15) is 51.7 Å². The average Bonchev–Trinajstić information content (AvgIpc) is 2.51. The van der Waals surface area contributed by atoms with Crippen LogP contribution in [0.4, 0.5) is 24.7 Å². The van der Waals surface area contributed by atoms with Crippen molar-refractivity contribution < 1.29 is 17.9 Å². The number of alkyl halides is 3. The molecule has 0 fully saturated rings. The third-order valence-electron chi connectivity index (χ3n) is 3.69. The van der Waals surface area contributed by atoms with Gasteiger partial charge in [-0.05, 0) is 44.4 Å². The summed E-state index contributed by atoms with van der Waals surface area (Å²) in [6, 6.07) is 7.28. The Morgan fingerprint density at radius 3 is 2.31 bits per heavy atom. The highest BCUT2D eigenvalue weighted by atomic mass is 19.4.